The summed E-state index contributed by atoms with van der Waals surface area (Å²) in [6, 6.07) is 11.9. The number of carboxylic acids is 1. The van der Waals surface area contributed by atoms with Gasteiger partial charge in [-0.1, -0.05) is 12.1 Å². The molecule has 1 amide bonds. The minimum atomic E-state index is -1.16. The second kappa shape index (κ2) is 8.78. The Morgan fingerprint density at radius 1 is 1.06 bits per heavy atom. The lowest BCUT2D eigenvalue weighted by atomic mass is 9.82. The van der Waals surface area contributed by atoms with Crippen molar-refractivity contribution in [3.8, 4) is 11.1 Å². The summed E-state index contributed by atoms with van der Waals surface area (Å²) in [5.74, 6) is -0.889. The van der Waals surface area contributed by atoms with Gasteiger partial charge in [-0.2, -0.15) is 0 Å². The summed E-state index contributed by atoms with van der Waals surface area (Å²) >= 11 is 1.07. The monoisotopic (exact) mass is 440 g/mol. The number of carbonyl (C=O) groups is 2. The molecule has 4 rings (SSSR count). The number of fused-ring (bicyclic) bond motifs is 4. The van der Waals surface area contributed by atoms with E-state index in [4.69, 9.17) is 0 Å². The molecule has 1 saturated heterocycles. The molecule has 0 unspecified atom stereocenters. The molecule has 2 aliphatic rings. The predicted molar refractivity (Wildman–Crippen MR) is 120 cm³/mol. The third kappa shape index (κ3) is 4.49. The van der Waals surface area contributed by atoms with Crippen molar-refractivity contribution in [3.63, 3.8) is 0 Å². The zero-order valence-electron chi connectivity index (χ0n) is 17.7. The Kier molecular flexibility index (Phi) is 6.09. The fourth-order valence-corrected chi connectivity index (χ4v) is 5.25. The van der Waals surface area contributed by atoms with Crippen molar-refractivity contribution in [1.82, 2.24) is 9.47 Å². The molecule has 7 nitrogen and oxygen atoms in total. The molecule has 1 aromatic heterocycles. The normalized spacial score (nSPS) is 19.6. The van der Waals surface area contributed by atoms with Crippen LogP contribution in [0.1, 0.15) is 18.0 Å². The second-order valence-corrected chi connectivity index (χ2v) is 9.48. The molecule has 31 heavy (non-hydrogen) atoms. The Balaban J connectivity index is 1.54. The Morgan fingerprint density at radius 3 is 2.48 bits per heavy atom. The van der Waals surface area contributed by atoms with Crippen LogP contribution in [0, 0.1) is 5.92 Å². The Hall–Kier alpha value is -2.74. The molecule has 3 heterocycles. The first-order valence-corrected chi connectivity index (χ1v) is 11.6. The second-order valence-electron chi connectivity index (χ2n) is 8.49. The number of aliphatic carboxylic acids is 1. The van der Waals surface area contributed by atoms with Gasteiger partial charge in [0.2, 0.25) is 5.91 Å². The number of thioether (sulfide) groups is 1. The molecule has 2 aromatic rings. The van der Waals surface area contributed by atoms with Crippen molar-refractivity contribution in [1.29, 1.82) is 0 Å². The van der Waals surface area contributed by atoms with Crippen LogP contribution in [-0.2, 0) is 16.1 Å². The van der Waals surface area contributed by atoms with Crippen LogP contribution in [0.2, 0.25) is 0 Å². The number of anilines is 1. The summed E-state index contributed by atoms with van der Waals surface area (Å²) < 4.78 is 1.89. The molecule has 1 aromatic carbocycles. The van der Waals surface area contributed by atoms with E-state index >= 15 is 0 Å². The van der Waals surface area contributed by atoms with Crippen LogP contribution < -0.4 is 15.6 Å². The van der Waals surface area contributed by atoms with Crippen LogP contribution >= 0.6 is 11.8 Å². The van der Waals surface area contributed by atoms with E-state index in [0.29, 0.717) is 25.2 Å². The highest BCUT2D eigenvalue weighted by molar-refractivity contribution is 8.00. The quantitative estimate of drug-likeness (QED) is 0.667. The highest BCUT2D eigenvalue weighted by Gasteiger charge is 2.36. The zero-order valence-corrected chi connectivity index (χ0v) is 18.6. The van der Waals surface area contributed by atoms with Crippen molar-refractivity contribution >= 4 is 29.3 Å². The summed E-state index contributed by atoms with van der Waals surface area (Å²) in [7, 11) is 3.97. The number of piperidine rings is 1. The molecule has 2 bridgehead atoms. The first-order valence-electron chi connectivity index (χ1n) is 10.4. The maximum Gasteiger partial charge on any atom is 0.258 e. The number of benzene rings is 1. The number of carbonyl (C=O) groups excluding carboxylic acids is 2. The fraction of sp³-hybridized carbons (Fsp3) is 0.435. The van der Waals surface area contributed by atoms with E-state index in [9.17, 15) is 19.5 Å². The molecule has 0 radical (unpaired) electrons. The summed E-state index contributed by atoms with van der Waals surface area (Å²) in [6.07, 6.45) is 0.965. The number of nitrogens with zero attached hydrogens (tertiary/aromatic N) is 3. The summed E-state index contributed by atoms with van der Waals surface area (Å²) in [5, 5.41) is 10.6. The van der Waals surface area contributed by atoms with Crippen LogP contribution in [0.25, 0.3) is 11.1 Å². The van der Waals surface area contributed by atoms with Crippen LogP contribution in [0.4, 0.5) is 5.69 Å². The number of likely N-dealkylation sites (tertiary alicyclic amines) is 1. The lowest BCUT2D eigenvalue weighted by molar-refractivity contribution is -0.301. The molecule has 0 saturated carbocycles. The predicted octanol–water partition coefficient (Wildman–Crippen LogP) is 1.01. The fourth-order valence-electron chi connectivity index (χ4n) is 4.62. The summed E-state index contributed by atoms with van der Waals surface area (Å²) in [6.45, 7) is 1.77. The van der Waals surface area contributed by atoms with Crippen LogP contribution in [0.3, 0.4) is 0 Å². The molecule has 8 heteroatoms. The number of rotatable bonds is 6. The van der Waals surface area contributed by atoms with Gasteiger partial charge in [0, 0.05) is 62.3 Å². The van der Waals surface area contributed by atoms with E-state index in [1.54, 1.807) is 0 Å². The minimum Gasteiger partial charge on any atom is -0.549 e. The van der Waals surface area contributed by atoms with Crippen LogP contribution in [0.15, 0.2) is 41.2 Å². The number of pyridine rings is 1. The largest absolute Gasteiger partial charge is 0.549 e. The maximum atomic E-state index is 13.3. The van der Waals surface area contributed by atoms with Crippen LogP contribution in [-0.4, -0.2) is 60.0 Å². The highest BCUT2D eigenvalue weighted by atomic mass is 32.2. The average Bonchev–Trinajstić information content (AvgIpc) is 2.74. The first-order chi connectivity index (χ1) is 14.8. The van der Waals surface area contributed by atoms with E-state index in [-0.39, 0.29) is 34.8 Å². The molecular weight excluding hydrogens is 414 g/mol. The lowest BCUT2D eigenvalue weighted by Gasteiger charge is -2.43. The van der Waals surface area contributed by atoms with Crippen LogP contribution in [0.5, 0.6) is 0 Å². The third-order valence-corrected chi connectivity index (χ3v) is 6.99. The van der Waals surface area contributed by atoms with Gasteiger partial charge in [-0.25, -0.2) is 0 Å². The van der Waals surface area contributed by atoms with E-state index in [2.05, 4.69) is 0 Å². The number of hydrogen-bond donors (Lipinski definition) is 0. The summed E-state index contributed by atoms with van der Waals surface area (Å²) in [5.41, 5.74) is 3.69. The molecule has 0 aliphatic carbocycles. The summed E-state index contributed by atoms with van der Waals surface area (Å²) in [4.78, 5) is 40.2. The molecule has 2 atom stereocenters. The third-order valence-electron chi connectivity index (χ3n) is 6.10. The zero-order chi connectivity index (χ0) is 22.1. The van der Waals surface area contributed by atoms with Crippen molar-refractivity contribution < 1.29 is 14.7 Å². The minimum absolute atomic E-state index is 0.0223. The maximum absolute atomic E-state index is 13.3. The van der Waals surface area contributed by atoms with Crippen molar-refractivity contribution in [2.24, 2.45) is 5.92 Å². The number of aromatic nitrogens is 1. The molecule has 164 valence electrons. The Morgan fingerprint density at radius 2 is 1.81 bits per heavy atom. The van der Waals surface area contributed by atoms with Gasteiger partial charge in [0.05, 0.1) is 11.7 Å². The van der Waals surface area contributed by atoms with E-state index < -0.39 is 5.97 Å². The standard InChI is InChI=1S/C23H27N3O4S/c1-24(2)18-5-3-16(4-6-18)19-7-8-20-17-9-15(11-26(20)23(19)30)10-25(12-17)21(27)13-31-14-22(28)29/h3-8,15,17H,9-14H2,1-2H3,(H,28,29)/p-1/t15-,17+/m0/s1. The number of hydrogen-bond acceptors (Lipinski definition) is 6. The molecular formula is C23H26N3O4S-. The number of amides is 1. The van der Waals surface area contributed by atoms with Crippen molar-refractivity contribution in [2.45, 2.75) is 18.9 Å². The number of carboxylic acid groups (broad SMARTS) is 1. The van der Waals surface area contributed by atoms with E-state index in [0.717, 1.165) is 35.1 Å². The van der Waals surface area contributed by atoms with Gasteiger partial charge >= 0.3 is 0 Å². The molecule has 1 fully saturated rings. The van der Waals surface area contributed by atoms with Gasteiger partial charge in [-0.15, -0.1) is 11.8 Å². The SMILES string of the molecule is CN(C)c1ccc(-c2ccc3n(c2=O)C[C@H]2C[C@@H]3CN(C(=O)CSCC(=O)[O-])C2)cc1. The molecule has 0 spiro atoms. The Labute approximate surface area is 185 Å². The smallest absolute Gasteiger partial charge is 0.258 e. The first kappa shape index (κ1) is 21.5. The lowest BCUT2D eigenvalue weighted by Crippen LogP contribution is -2.49. The van der Waals surface area contributed by atoms with Crippen molar-refractivity contribution in [2.75, 3.05) is 43.6 Å². The molecule has 0 N–H and O–H groups in total. The Bertz CT molecular complexity index is 1050. The average molecular weight is 441 g/mol. The van der Waals surface area contributed by atoms with Gasteiger partial charge < -0.3 is 24.3 Å². The van der Waals surface area contributed by atoms with Gasteiger partial charge in [0.1, 0.15) is 0 Å². The van der Waals surface area contributed by atoms with Gasteiger partial charge in [0.25, 0.3) is 5.56 Å². The topological polar surface area (TPSA) is 85.7 Å². The van der Waals surface area contributed by atoms with Gasteiger partial charge in [0.15, 0.2) is 0 Å². The van der Waals surface area contributed by atoms with E-state index in [1.807, 2.05) is 64.9 Å². The van der Waals surface area contributed by atoms with Crippen molar-refractivity contribution in [3.05, 3.63) is 52.4 Å². The van der Waals surface area contributed by atoms with Gasteiger partial charge in [-0.3, -0.25) is 9.59 Å². The van der Waals surface area contributed by atoms with Gasteiger partial charge in [-0.05, 0) is 42.2 Å². The molecule has 2 aliphatic heterocycles. The highest BCUT2D eigenvalue weighted by Crippen LogP contribution is 2.36. The van der Waals surface area contributed by atoms with E-state index in [1.165, 1.54) is 0 Å².